The first-order valence-electron chi connectivity index (χ1n) is 5.60. The lowest BCUT2D eigenvalue weighted by atomic mass is 10.3. The molecule has 0 N–H and O–H groups in total. The number of hydrogen-bond donors (Lipinski definition) is 0. The molecule has 1 aromatic rings. The van der Waals surface area contributed by atoms with Crippen LogP contribution in [0.15, 0.2) is 12.1 Å². The molecule has 80 valence electrons. The molecule has 1 saturated carbocycles. The van der Waals surface area contributed by atoms with Gasteiger partial charge in [0.15, 0.2) is 5.82 Å². The van der Waals surface area contributed by atoms with Crippen molar-refractivity contribution in [1.29, 1.82) is 0 Å². The number of aromatic nitrogens is 2. The fourth-order valence-corrected chi connectivity index (χ4v) is 2.80. The molecule has 1 saturated heterocycles. The maximum absolute atomic E-state index is 4.33. The molecule has 4 heteroatoms. The van der Waals surface area contributed by atoms with E-state index in [9.17, 15) is 0 Å². The van der Waals surface area contributed by atoms with Gasteiger partial charge < -0.3 is 4.90 Å². The molecule has 0 radical (unpaired) electrons. The Bertz CT molecular complexity index is 328. The molecular formula is C11H15N3S. The van der Waals surface area contributed by atoms with Crippen LogP contribution in [-0.2, 0) is 0 Å². The molecule has 0 amide bonds. The maximum atomic E-state index is 4.33. The topological polar surface area (TPSA) is 29.0 Å². The molecule has 15 heavy (non-hydrogen) atoms. The summed E-state index contributed by atoms with van der Waals surface area (Å²) in [6.45, 7) is 2.23. The van der Waals surface area contributed by atoms with E-state index in [1.165, 1.54) is 30.0 Å². The third-order valence-electron chi connectivity index (χ3n) is 3.00. The lowest BCUT2D eigenvalue weighted by molar-refractivity contribution is 0.804. The molecule has 3 rings (SSSR count). The Balaban J connectivity index is 1.73. The number of anilines is 1. The van der Waals surface area contributed by atoms with Gasteiger partial charge in [0.2, 0.25) is 0 Å². The molecule has 1 aliphatic heterocycles. The van der Waals surface area contributed by atoms with Gasteiger partial charge in [0.25, 0.3) is 0 Å². The van der Waals surface area contributed by atoms with Crippen molar-refractivity contribution in [2.24, 2.45) is 0 Å². The van der Waals surface area contributed by atoms with Crippen molar-refractivity contribution < 1.29 is 0 Å². The summed E-state index contributed by atoms with van der Waals surface area (Å²) in [7, 11) is 0. The van der Waals surface area contributed by atoms with Crippen molar-refractivity contribution in [2.45, 2.75) is 18.8 Å². The molecule has 3 nitrogen and oxygen atoms in total. The maximum Gasteiger partial charge on any atom is 0.151 e. The van der Waals surface area contributed by atoms with Gasteiger partial charge in [0, 0.05) is 30.5 Å². The van der Waals surface area contributed by atoms with Crippen LogP contribution in [0.5, 0.6) is 0 Å². The van der Waals surface area contributed by atoms with Crippen LogP contribution in [0.2, 0.25) is 0 Å². The van der Waals surface area contributed by atoms with Crippen LogP contribution >= 0.6 is 11.8 Å². The summed E-state index contributed by atoms with van der Waals surface area (Å²) in [6.07, 6.45) is 2.60. The van der Waals surface area contributed by atoms with Gasteiger partial charge >= 0.3 is 0 Å². The van der Waals surface area contributed by atoms with Crippen molar-refractivity contribution in [3.8, 4) is 0 Å². The number of rotatable bonds is 2. The van der Waals surface area contributed by atoms with Crippen LogP contribution in [0.4, 0.5) is 5.82 Å². The molecule has 0 atom stereocenters. The van der Waals surface area contributed by atoms with E-state index in [-0.39, 0.29) is 0 Å². The second kappa shape index (κ2) is 4.00. The van der Waals surface area contributed by atoms with Gasteiger partial charge in [-0.25, -0.2) is 0 Å². The molecule has 0 spiro atoms. The highest BCUT2D eigenvalue weighted by atomic mass is 32.2. The normalized spacial score (nSPS) is 21.7. The van der Waals surface area contributed by atoms with E-state index < -0.39 is 0 Å². The van der Waals surface area contributed by atoms with Gasteiger partial charge in [-0.3, -0.25) is 0 Å². The fraction of sp³-hybridized carbons (Fsp3) is 0.636. The van der Waals surface area contributed by atoms with Crippen LogP contribution < -0.4 is 4.90 Å². The quantitative estimate of drug-likeness (QED) is 0.763. The Labute approximate surface area is 94.3 Å². The van der Waals surface area contributed by atoms with Gasteiger partial charge in [-0.1, -0.05) is 0 Å². The highest BCUT2D eigenvalue weighted by Crippen LogP contribution is 2.38. The second-order valence-corrected chi connectivity index (χ2v) is 5.41. The van der Waals surface area contributed by atoms with E-state index in [2.05, 4.69) is 27.2 Å². The van der Waals surface area contributed by atoms with Crippen molar-refractivity contribution in [1.82, 2.24) is 10.2 Å². The summed E-state index contributed by atoms with van der Waals surface area (Å²) >= 11 is 2.02. The Morgan fingerprint density at radius 1 is 1.13 bits per heavy atom. The van der Waals surface area contributed by atoms with Crippen molar-refractivity contribution in [2.75, 3.05) is 29.5 Å². The minimum Gasteiger partial charge on any atom is -0.353 e. The first kappa shape index (κ1) is 9.46. The second-order valence-electron chi connectivity index (χ2n) is 4.19. The van der Waals surface area contributed by atoms with Gasteiger partial charge in [0.1, 0.15) is 0 Å². The largest absolute Gasteiger partial charge is 0.353 e. The monoisotopic (exact) mass is 221 g/mol. The number of hydrogen-bond acceptors (Lipinski definition) is 4. The van der Waals surface area contributed by atoms with Gasteiger partial charge in [-0.15, -0.1) is 5.10 Å². The summed E-state index contributed by atoms with van der Waals surface area (Å²) in [6, 6.07) is 4.29. The molecule has 2 heterocycles. The average molecular weight is 221 g/mol. The third kappa shape index (κ3) is 2.09. The highest BCUT2D eigenvalue weighted by Gasteiger charge is 2.25. The van der Waals surface area contributed by atoms with Crippen LogP contribution in [0.25, 0.3) is 0 Å². The smallest absolute Gasteiger partial charge is 0.151 e. The average Bonchev–Trinajstić information content (AvgIpc) is 3.15. The van der Waals surface area contributed by atoms with Crippen LogP contribution in [0.3, 0.4) is 0 Å². The summed E-state index contributed by atoms with van der Waals surface area (Å²) in [5.41, 5.74) is 1.19. The fourth-order valence-electron chi connectivity index (χ4n) is 1.89. The Morgan fingerprint density at radius 3 is 2.53 bits per heavy atom. The predicted molar refractivity (Wildman–Crippen MR) is 63.5 cm³/mol. The molecule has 1 aromatic heterocycles. The Kier molecular flexibility index (Phi) is 2.52. The SMILES string of the molecule is c1cc(N2CCSCC2)nnc1C1CC1. The molecular weight excluding hydrogens is 206 g/mol. The third-order valence-corrected chi connectivity index (χ3v) is 3.94. The van der Waals surface area contributed by atoms with E-state index in [4.69, 9.17) is 0 Å². The van der Waals surface area contributed by atoms with E-state index in [1.54, 1.807) is 0 Å². The summed E-state index contributed by atoms with van der Waals surface area (Å²) in [5.74, 6) is 4.20. The first-order chi connectivity index (χ1) is 7.43. The van der Waals surface area contributed by atoms with Crippen molar-refractivity contribution >= 4 is 17.6 Å². The van der Waals surface area contributed by atoms with E-state index >= 15 is 0 Å². The van der Waals surface area contributed by atoms with Crippen molar-refractivity contribution in [3.05, 3.63) is 17.8 Å². The zero-order chi connectivity index (χ0) is 10.1. The molecule has 2 aliphatic rings. The molecule has 0 aromatic carbocycles. The minimum atomic E-state index is 0.712. The highest BCUT2D eigenvalue weighted by molar-refractivity contribution is 7.99. The van der Waals surface area contributed by atoms with Gasteiger partial charge in [0.05, 0.1) is 5.69 Å². The number of nitrogens with zero attached hydrogens (tertiary/aromatic N) is 3. The van der Waals surface area contributed by atoms with Crippen LogP contribution in [0, 0.1) is 0 Å². The molecule has 2 fully saturated rings. The van der Waals surface area contributed by atoms with Gasteiger partial charge in [-0.2, -0.15) is 16.9 Å². The zero-order valence-electron chi connectivity index (χ0n) is 8.72. The minimum absolute atomic E-state index is 0.712. The summed E-state index contributed by atoms with van der Waals surface area (Å²) in [4.78, 5) is 2.33. The first-order valence-corrected chi connectivity index (χ1v) is 6.75. The number of thioether (sulfide) groups is 1. The lowest BCUT2D eigenvalue weighted by Gasteiger charge is -2.26. The Hall–Kier alpha value is -0.770. The van der Waals surface area contributed by atoms with Crippen molar-refractivity contribution in [3.63, 3.8) is 0 Å². The summed E-state index contributed by atoms with van der Waals surface area (Å²) < 4.78 is 0. The molecule has 1 aliphatic carbocycles. The predicted octanol–water partition coefficient (Wildman–Crippen LogP) is 1.91. The van der Waals surface area contributed by atoms with E-state index in [1.807, 2.05) is 11.8 Å². The van der Waals surface area contributed by atoms with Crippen LogP contribution in [-0.4, -0.2) is 34.8 Å². The lowest BCUT2D eigenvalue weighted by Crippen LogP contribution is -2.33. The van der Waals surface area contributed by atoms with Gasteiger partial charge in [-0.05, 0) is 25.0 Å². The van der Waals surface area contributed by atoms with E-state index in [0.29, 0.717) is 5.92 Å². The standard InChI is InChI=1S/C11H15N3S/c1-2-9(1)10-3-4-11(13-12-10)14-5-7-15-8-6-14/h3-4,9H,1-2,5-8H2. The Morgan fingerprint density at radius 2 is 1.93 bits per heavy atom. The zero-order valence-corrected chi connectivity index (χ0v) is 9.54. The summed E-state index contributed by atoms with van der Waals surface area (Å²) in [5, 5.41) is 8.65. The van der Waals surface area contributed by atoms with Crippen LogP contribution in [0.1, 0.15) is 24.5 Å². The molecule has 0 unspecified atom stereocenters. The van der Waals surface area contributed by atoms with E-state index in [0.717, 1.165) is 18.9 Å². The molecule has 0 bridgehead atoms.